The van der Waals surface area contributed by atoms with Crippen LogP contribution in [0.5, 0.6) is 0 Å². The highest BCUT2D eigenvalue weighted by atomic mass is 79.9. The summed E-state index contributed by atoms with van der Waals surface area (Å²) >= 11 is 3.42. The van der Waals surface area contributed by atoms with Crippen LogP contribution in [0.3, 0.4) is 0 Å². The summed E-state index contributed by atoms with van der Waals surface area (Å²) in [5.41, 5.74) is 1.17. The molecule has 20 heavy (non-hydrogen) atoms. The van der Waals surface area contributed by atoms with E-state index in [0.29, 0.717) is 12.3 Å². The second kappa shape index (κ2) is 8.17. The summed E-state index contributed by atoms with van der Waals surface area (Å²) in [7, 11) is 0. The highest BCUT2D eigenvalue weighted by Crippen LogP contribution is 2.14. The summed E-state index contributed by atoms with van der Waals surface area (Å²) in [6.07, 6.45) is 3.72. The maximum absolute atomic E-state index is 5.66. The monoisotopic (exact) mass is 337 g/mol. The quantitative estimate of drug-likeness (QED) is 0.750. The van der Waals surface area contributed by atoms with Gasteiger partial charge in [-0.1, -0.05) is 35.0 Å². The van der Waals surface area contributed by atoms with Crippen molar-refractivity contribution < 1.29 is 4.42 Å². The summed E-state index contributed by atoms with van der Waals surface area (Å²) in [5.74, 6) is 1.42. The van der Waals surface area contributed by atoms with Gasteiger partial charge in [0.2, 0.25) is 11.8 Å². The Morgan fingerprint density at radius 1 is 1.10 bits per heavy atom. The third kappa shape index (κ3) is 5.06. The number of aromatic nitrogens is 2. The van der Waals surface area contributed by atoms with Crippen LogP contribution in [0.1, 0.15) is 37.1 Å². The zero-order valence-electron chi connectivity index (χ0n) is 11.7. The molecule has 0 spiro atoms. The largest absolute Gasteiger partial charge is 0.425 e. The van der Waals surface area contributed by atoms with Crippen LogP contribution in [0.2, 0.25) is 0 Å². The minimum Gasteiger partial charge on any atom is -0.425 e. The van der Waals surface area contributed by atoms with E-state index in [1.807, 2.05) is 12.1 Å². The molecule has 0 bridgehead atoms. The zero-order chi connectivity index (χ0) is 14.2. The molecule has 0 unspecified atom stereocenters. The molecule has 0 aliphatic carbocycles. The highest BCUT2D eigenvalue weighted by molar-refractivity contribution is 9.10. The van der Waals surface area contributed by atoms with Crippen molar-refractivity contribution in [2.75, 3.05) is 13.1 Å². The Kier molecular flexibility index (Phi) is 6.21. The second-order valence-corrected chi connectivity index (χ2v) is 5.66. The first-order valence-corrected chi connectivity index (χ1v) is 7.83. The molecule has 1 N–H and O–H groups in total. The van der Waals surface area contributed by atoms with Gasteiger partial charge in [-0.15, -0.1) is 10.2 Å². The first-order chi connectivity index (χ1) is 9.78. The van der Waals surface area contributed by atoms with Crippen LogP contribution in [0, 0.1) is 0 Å². The standard InChI is InChI=1S/C15H20BrN3O/c1-2-9-17-10-3-4-14-18-19-15(20-14)11-12-5-7-13(16)8-6-12/h5-8,17H,2-4,9-11H2,1H3. The highest BCUT2D eigenvalue weighted by Gasteiger charge is 2.06. The van der Waals surface area contributed by atoms with Gasteiger partial charge in [0.25, 0.3) is 0 Å². The Balaban J connectivity index is 1.78. The van der Waals surface area contributed by atoms with E-state index < -0.39 is 0 Å². The lowest BCUT2D eigenvalue weighted by molar-refractivity contribution is 0.449. The van der Waals surface area contributed by atoms with Crippen molar-refractivity contribution in [3.63, 3.8) is 0 Å². The number of benzene rings is 1. The van der Waals surface area contributed by atoms with E-state index in [1.54, 1.807) is 0 Å². The van der Waals surface area contributed by atoms with Crippen molar-refractivity contribution in [1.29, 1.82) is 0 Å². The van der Waals surface area contributed by atoms with E-state index >= 15 is 0 Å². The van der Waals surface area contributed by atoms with Gasteiger partial charge < -0.3 is 9.73 Å². The molecule has 0 fully saturated rings. The third-order valence-electron chi connectivity index (χ3n) is 2.95. The number of hydrogen-bond acceptors (Lipinski definition) is 4. The first kappa shape index (κ1) is 15.2. The molecule has 0 saturated carbocycles. The molecule has 1 aromatic heterocycles. The van der Waals surface area contributed by atoms with Gasteiger partial charge in [0.05, 0.1) is 6.42 Å². The van der Waals surface area contributed by atoms with Crippen LogP contribution in [0.15, 0.2) is 33.2 Å². The number of hydrogen-bond donors (Lipinski definition) is 1. The van der Waals surface area contributed by atoms with E-state index in [0.717, 1.165) is 42.7 Å². The molecular formula is C15H20BrN3O. The molecule has 4 nitrogen and oxygen atoms in total. The minimum absolute atomic E-state index is 0.684. The summed E-state index contributed by atoms with van der Waals surface area (Å²) in [5, 5.41) is 11.6. The van der Waals surface area contributed by atoms with Gasteiger partial charge in [0, 0.05) is 10.9 Å². The van der Waals surface area contributed by atoms with Gasteiger partial charge in [0.15, 0.2) is 0 Å². The summed E-state index contributed by atoms with van der Waals surface area (Å²) in [4.78, 5) is 0. The average molecular weight is 338 g/mol. The van der Waals surface area contributed by atoms with E-state index in [1.165, 1.54) is 5.56 Å². The molecule has 0 radical (unpaired) electrons. The maximum atomic E-state index is 5.66. The van der Waals surface area contributed by atoms with E-state index in [9.17, 15) is 0 Å². The SMILES string of the molecule is CCCNCCCc1nnc(Cc2ccc(Br)cc2)o1. The van der Waals surface area contributed by atoms with Crippen molar-refractivity contribution in [1.82, 2.24) is 15.5 Å². The molecular weight excluding hydrogens is 318 g/mol. The Morgan fingerprint density at radius 2 is 1.85 bits per heavy atom. The predicted molar refractivity (Wildman–Crippen MR) is 82.7 cm³/mol. The molecule has 0 aliphatic rings. The van der Waals surface area contributed by atoms with Crippen molar-refractivity contribution in [3.05, 3.63) is 46.1 Å². The molecule has 1 aromatic carbocycles. The maximum Gasteiger partial charge on any atom is 0.220 e. The van der Waals surface area contributed by atoms with Gasteiger partial charge in [-0.05, 0) is 43.6 Å². The normalized spacial score (nSPS) is 10.9. The van der Waals surface area contributed by atoms with Crippen LogP contribution in [0.25, 0.3) is 0 Å². The van der Waals surface area contributed by atoms with Crippen LogP contribution in [-0.4, -0.2) is 23.3 Å². The average Bonchev–Trinajstić information content (AvgIpc) is 2.89. The number of rotatable bonds is 8. The molecule has 2 aromatic rings. The first-order valence-electron chi connectivity index (χ1n) is 7.04. The van der Waals surface area contributed by atoms with Crippen molar-refractivity contribution in [3.8, 4) is 0 Å². The Hall–Kier alpha value is -1.20. The number of nitrogens with zero attached hydrogens (tertiary/aromatic N) is 2. The van der Waals surface area contributed by atoms with Crippen LogP contribution in [-0.2, 0) is 12.8 Å². The Bertz CT molecular complexity index is 510. The van der Waals surface area contributed by atoms with Crippen molar-refractivity contribution in [2.24, 2.45) is 0 Å². The molecule has 0 amide bonds. The van der Waals surface area contributed by atoms with Gasteiger partial charge in [-0.25, -0.2) is 0 Å². The topological polar surface area (TPSA) is 51.0 Å². The zero-order valence-corrected chi connectivity index (χ0v) is 13.3. The molecule has 0 atom stereocenters. The Morgan fingerprint density at radius 3 is 2.60 bits per heavy atom. The lowest BCUT2D eigenvalue weighted by atomic mass is 10.1. The number of aryl methyl sites for hydroxylation is 1. The fourth-order valence-corrected chi connectivity index (χ4v) is 2.17. The molecule has 0 aliphatic heterocycles. The molecule has 108 valence electrons. The predicted octanol–water partition coefficient (Wildman–Crippen LogP) is 3.36. The van der Waals surface area contributed by atoms with Crippen molar-refractivity contribution >= 4 is 15.9 Å². The lowest BCUT2D eigenvalue weighted by Crippen LogP contribution is -2.16. The minimum atomic E-state index is 0.684. The van der Waals surface area contributed by atoms with Gasteiger partial charge in [0.1, 0.15) is 0 Å². The van der Waals surface area contributed by atoms with Crippen LogP contribution < -0.4 is 5.32 Å². The van der Waals surface area contributed by atoms with Gasteiger partial charge in [-0.3, -0.25) is 0 Å². The van der Waals surface area contributed by atoms with Gasteiger partial charge in [-0.2, -0.15) is 0 Å². The van der Waals surface area contributed by atoms with Gasteiger partial charge >= 0.3 is 0 Å². The van der Waals surface area contributed by atoms with Crippen LogP contribution in [0.4, 0.5) is 0 Å². The smallest absolute Gasteiger partial charge is 0.220 e. The van der Waals surface area contributed by atoms with Crippen LogP contribution >= 0.6 is 15.9 Å². The Labute approximate surface area is 128 Å². The van der Waals surface area contributed by atoms with E-state index in [2.05, 4.69) is 50.5 Å². The molecule has 0 saturated heterocycles. The van der Waals surface area contributed by atoms with Crippen molar-refractivity contribution in [2.45, 2.75) is 32.6 Å². The van der Waals surface area contributed by atoms with E-state index in [4.69, 9.17) is 4.42 Å². The fraction of sp³-hybridized carbons (Fsp3) is 0.467. The second-order valence-electron chi connectivity index (χ2n) is 4.75. The molecule has 1 heterocycles. The third-order valence-corrected chi connectivity index (χ3v) is 3.48. The van der Waals surface area contributed by atoms with E-state index in [-0.39, 0.29) is 0 Å². The summed E-state index contributed by atoms with van der Waals surface area (Å²) in [6.45, 7) is 4.23. The molecule has 5 heteroatoms. The lowest BCUT2D eigenvalue weighted by Gasteiger charge is -2.00. The molecule has 2 rings (SSSR count). The summed E-state index contributed by atoms with van der Waals surface area (Å²) < 4.78 is 6.74. The number of nitrogens with one attached hydrogen (secondary N) is 1. The fourth-order valence-electron chi connectivity index (χ4n) is 1.90. The summed E-state index contributed by atoms with van der Waals surface area (Å²) in [6, 6.07) is 8.16. The number of halogens is 1.